The van der Waals surface area contributed by atoms with Crippen molar-refractivity contribution >= 4 is 27.5 Å². The fourth-order valence-corrected chi connectivity index (χ4v) is 1.93. The lowest BCUT2D eigenvalue weighted by Crippen LogP contribution is -1.81. The van der Waals surface area contributed by atoms with Crippen molar-refractivity contribution < 1.29 is 0 Å². The highest BCUT2D eigenvalue weighted by atomic mass is 79.9. The molecule has 0 amide bonds. The van der Waals surface area contributed by atoms with Crippen LogP contribution in [0.1, 0.15) is 24.6 Å². The van der Waals surface area contributed by atoms with E-state index in [9.17, 15) is 0 Å². The quantitative estimate of drug-likeness (QED) is 0.706. The van der Waals surface area contributed by atoms with Gasteiger partial charge < -0.3 is 0 Å². The predicted octanol–water partition coefficient (Wildman–Crippen LogP) is 2.42. The first-order valence-corrected chi connectivity index (χ1v) is 4.26. The Bertz CT molecular complexity index is 197. The van der Waals surface area contributed by atoms with Gasteiger partial charge in [-0.25, -0.2) is 0 Å². The van der Waals surface area contributed by atoms with Crippen LogP contribution < -0.4 is 0 Å². The maximum absolute atomic E-state index is 3.82. The van der Waals surface area contributed by atoms with Gasteiger partial charge in [-0.2, -0.15) is 0 Å². The molecule has 1 aromatic rings. The molecule has 0 atom stereocenters. The van der Waals surface area contributed by atoms with Crippen LogP contribution in [0.4, 0.5) is 0 Å². The van der Waals surface area contributed by atoms with Gasteiger partial charge in [-0.1, -0.05) is 18.3 Å². The molecule has 0 aliphatic carbocycles. The summed E-state index contributed by atoms with van der Waals surface area (Å²) in [4.78, 5) is 1.22. The summed E-state index contributed by atoms with van der Waals surface area (Å²) in [6, 6.07) is 0. The number of halogens is 1. The van der Waals surface area contributed by atoms with Crippen LogP contribution in [0.2, 0.25) is 0 Å². The molecule has 0 saturated heterocycles. The molecule has 50 valence electrons. The largest absolute Gasteiger partial charge is 0.144 e. The number of rotatable bonds is 1. The summed E-state index contributed by atoms with van der Waals surface area (Å²) in [5, 5.41) is 3.82. The van der Waals surface area contributed by atoms with Crippen LogP contribution in [0, 0.1) is 0 Å². The molecular formula is C5H7BrN2S. The summed E-state index contributed by atoms with van der Waals surface area (Å²) in [5.74, 6) is 0.527. The molecule has 2 nitrogen and oxygen atoms in total. The van der Waals surface area contributed by atoms with Gasteiger partial charge in [-0.3, -0.25) is 0 Å². The summed E-state index contributed by atoms with van der Waals surface area (Å²) in [6.45, 7) is 4.25. The zero-order valence-corrected chi connectivity index (χ0v) is 7.66. The topological polar surface area (TPSA) is 25.8 Å². The molecule has 1 heterocycles. The summed E-state index contributed by atoms with van der Waals surface area (Å²) in [7, 11) is 0. The third-order valence-electron chi connectivity index (χ3n) is 0.995. The predicted molar refractivity (Wildman–Crippen MR) is 41.7 cm³/mol. The molecule has 0 aromatic carbocycles. The SMILES string of the molecule is CC(C)c1snnc1Br. The van der Waals surface area contributed by atoms with E-state index in [2.05, 4.69) is 39.4 Å². The summed E-state index contributed by atoms with van der Waals surface area (Å²) in [6.07, 6.45) is 0. The second-order valence-electron chi connectivity index (χ2n) is 2.08. The van der Waals surface area contributed by atoms with E-state index in [1.165, 1.54) is 16.4 Å². The highest BCUT2D eigenvalue weighted by Gasteiger charge is 2.07. The van der Waals surface area contributed by atoms with Crippen LogP contribution in [0.25, 0.3) is 0 Å². The maximum Gasteiger partial charge on any atom is 0.144 e. The van der Waals surface area contributed by atoms with E-state index in [1.54, 1.807) is 0 Å². The first kappa shape index (κ1) is 7.15. The molecule has 0 unspecified atom stereocenters. The van der Waals surface area contributed by atoms with Crippen LogP contribution in [0.15, 0.2) is 4.60 Å². The van der Waals surface area contributed by atoms with E-state index in [4.69, 9.17) is 0 Å². The van der Waals surface area contributed by atoms with Gasteiger partial charge in [0, 0.05) is 0 Å². The van der Waals surface area contributed by atoms with E-state index >= 15 is 0 Å². The highest BCUT2D eigenvalue weighted by molar-refractivity contribution is 9.10. The molecule has 0 spiro atoms. The van der Waals surface area contributed by atoms with Gasteiger partial charge in [0.05, 0.1) is 4.88 Å². The van der Waals surface area contributed by atoms with Crippen LogP contribution in [0.3, 0.4) is 0 Å². The Morgan fingerprint density at radius 3 is 2.44 bits per heavy atom. The molecule has 0 fully saturated rings. The normalized spacial score (nSPS) is 10.7. The Kier molecular flexibility index (Phi) is 2.18. The first-order chi connectivity index (χ1) is 4.22. The fourth-order valence-electron chi connectivity index (χ4n) is 0.531. The molecule has 0 N–H and O–H groups in total. The van der Waals surface area contributed by atoms with E-state index < -0.39 is 0 Å². The highest BCUT2D eigenvalue weighted by Crippen LogP contribution is 2.24. The smallest absolute Gasteiger partial charge is 0.131 e. The third kappa shape index (κ3) is 1.49. The number of hydrogen-bond donors (Lipinski definition) is 0. The average molecular weight is 207 g/mol. The van der Waals surface area contributed by atoms with Crippen LogP contribution in [-0.2, 0) is 0 Å². The average Bonchev–Trinajstić information content (AvgIpc) is 2.13. The summed E-state index contributed by atoms with van der Waals surface area (Å²) in [5.41, 5.74) is 0. The van der Waals surface area contributed by atoms with Crippen molar-refractivity contribution in [2.45, 2.75) is 19.8 Å². The second-order valence-corrected chi connectivity index (χ2v) is 3.62. The minimum atomic E-state index is 0.527. The number of nitrogens with zero attached hydrogens (tertiary/aromatic N) is 2. The first-order valence-electron chi connectivity index (χ1n) is 2.69. The van der Waals surface area contributed by atoms with Crippen molar-refractivity contribution in [3.8, 4) is 0 Å². The lowest BCUT2D eigenvalue weighted by Gasteiger charge is -1.95. The molecule has 4 heteroatoms. The number of aromatic nitrogens is 2. The Labute approximate surface area is 66.6 Å². The Hall–Kier alpha value is 0.0400. The van der Waals surface area contributed by atoms with Crippen LogP contribution in [-0.4, -0.2) is 9.59 Å². The molecule has 9 heavy (non-hydrogen) atoms. The van der Waals surface area contributed by atoms with Gasteiger partial charge in [0.1, 0.15) is 4.60 Å². The second kappa shape index (κ2) is 2.75. The van der Waals surface area contributed by atoms with Gasteiger partial charge in [0.2, 0.25) is 0 Å². The minimum Gasteiger partial charge on any atom is -0.131 e. The van der Waals surface area contributed by atoms with E-state index in [0.717, 1.165) is 4.60 Å². The van der Waals surface area contributed by atoms with Crippen LogP contribution >= 0.6 is 27.5 Å². The molecule has 0 bridgehead atoms. The molecule has 0 saturated carbocycles. The molecule has 0 radical (unpaired) electrons. The fraction of sp³-hybridized carbons (Fsp3) is 0.600. The maximum atomic E-state index is 3.82. The third-order valence-corrected chi connectivity index (χ3v) is 2.87. The molecular weight excluding hydrogens is 200 g/mol. The van der Waals surface area contributed by atoms with Crippen molar-refractivity contribution in [3.63, 3.8) is 0 Å². The van der Waals surface area contributed by atoms with Crippen molar-refractivity contribution in [2.75, 3.05) is 0 Å². The number of hydrogen-bond acceptors (Lipinski definition) is 3. The molecule has 1 aromatic heterocycles. The lowest BCUT2D eigenvalue weighted by atomic mass is 10.2. The molecule has 0 aliphatic rings. The van der Waals surface area contributed by atoms with Gasteiger partial charge in [-0.05, 0) is 33.4 Å². The Balaban J connectivity index is 2.94. The van der Waals surface area contributed by atoms with Crippen molar-refractivity contribution in [1.29, 1.82) is 0 Å². The van der Waals surface area contributed by atoms with E-state index in [1.807, 2.05) is 0 Å². The van der Waals surface area contributed by atoms with Gasteiger partial charge in [-0.15, -0.1) is 5.10 Å². The minimum absolute atomic E-state index is 0.527. The summed E-state index contributed by atoms with van der Waals surface area (Å²) < 4.78 is 4.68. The van der Waals surface area contributed by atoms with Gasteiger partial charge in [0.25, 0.3) is 0 Å². The molecule has 1 rings (SSSR count). The zero-order chi connectivity index (χ0) is 6.85. The van der Waals surface area contributed by atoms with E-state index in [0.29, 0.717) is 5.92 Å². The van der Waals surface area contributed by atoms with Crippen LogP contribution in [0.5, 0.6) is 0 Å². The van der Waals surface area contributed by atoms with Gasteiger partial charge in [0.15, 0.2) is 0 Å². The Morgan fingerprint density at radius 1 is 1.56 bits per heavy atom. The lowest BCUT2D eigenvalue weighted by molar-refractivity contribution is 0.876. The Morgan fingerprint density at radius 2 is 2.22 bits per heavy atom. The monoisotopic (exact) mass is 206 g/mol. The van der Waals surface area contributed by atoms with E-state index in [-0.39, 0.29) is 0 Å². The zero-order valence-electron chi connectivity index (χ0n) is 5.26. The summed E-state index contributed by atoms with van der Waals surface area (Å²) >= 11 is 4.75. The van der Waals surface area contributed by atoms with Gasteiger partial charge >= 0.3 is 0 Å². The molecule has 0 aliphatic heterocycles. The standard InChI is InChI=1S/C5H7BrN2S/c1-3(2)4-5(6)7-8-9-4/h3H,1-2H3. The van der Waals surface area contributed by atoms with Crippen molar-refractivity contribution in [2.24, 2.45) is 0 Å². The van der Waals surface area contributed by atoms with Crippen molar-refractivity contribution in [1.82, 2.24) is 9.59 Å². The van der Waals surface area contributed by atoms with Crippen molar-refractivity contribution in [3.05, 3.63) is 9.48 Å².